The Kier molecular flexibility index (Phi) is 5.87. The molecule has 1 N–H and O–H groups in total. The van der Waals surface area contributed by atoms with Gasteiger partial charge in [0.05, 0.1) is 18.4 Å². The number of benzene rings is 1. The van der Waals surface area contributed by atoms with Crippen molar-refractivity contribution in [1.29, 1.82) is 0 Å². The van der Waals surface area contributed by atoms with Crippen LogP contribution in [0, 0.1) is 0 Å². The number of carbonyl (C=O) groups is 1. The van der Waals surface area contributed by atoms with Gasteiger partial charge in [-0.2, -0.15) is 5.10 Å². The van der Waals surface area contributed by atoms with Gasteiger partial charge in [0.1, 0.15) is 5.76 Å². The van der Waals surface area contributed by atoms with E-state index in [2.05, 4.69) is 15.3 Å². The van der Waals surface area contributed by atoms with E-state index in [1.807, 2.05) is 53.5 Å². The number of rotatable bonds is 7. The number of amides is 1. The van der Waals surface area contributed by atoms with Gasteiger partial charge >= 0.3 is 0 Å². The molecule has 0 unspecified atom stereocenters. The normalized spacial score (nSPS) is 14.9. The molecule has 1 aliphatic rings. The van der Waals surface area contributed by atoms with Crippen LogP contribution in [0.1, 0.15) is 41.1 Å². The molecule has 1 amide bonds. The summed E-state index contributed by atoms with van der Waals surface area (Å²) in [5.41, 5.74) is 2.10. The van der Waals surface area contributed by atoms with Gasteiger partial charge in [0.25, 0.3) is 5.91 Å². The second kappa shape index (κ2) is 8.89. The number of furan rings is 1. The molecule has 0 spiro atoms. The van der Waals surface area contributed by atoms with Gasteiger partial charge in [0.2, 0.25) is 0 Å². The minimum absolute atomic E-state index is 0.166. The predicted molar refractivity (Wildman–Crippen MR) is 107 cm³/mol. The van der Waals surface area contributed by atoms with E-state index in [-0.39, 0.29) is 5.91 Å². The van der Waals surface area contributed by atoms with Crippen molar-refractivity contribution in [2.75, 3.05) is 19.6 Å². The molecule has 1 saturated heterocycles. The minimum Gasteiger partial charge on any atom is -0.455 e. The zero-order valence-corrected chi connectivity index (χ0v) is 16.0. The van der Waals surface area contributed by atoms with Crippen molar-refractivity contribution in [2.24, 2.45) is 0 Å². The first kappa shape index (κ1) is 18.5. The van der Waals surface area contributed by atoms with Crippen LogP contribution in [0.2, 0.25) is 0 Å². The fraction of sp³-hybridized carbons (Fsp3) is 0.364. The van der Waals surface area contributed by atoms with Gasteiger partial charge < -0.3 is 9.73 Å². The molecular formula is C22H26N4O2. The summed E-state index contributed by atoms with van der Waals surface area (Å²) in [4.78, 5) is 14.7. The molecule has 0 saturated carbocycles. The van der Waals surface area contributed by atoms with Crippen molar-refractivity contribution >= 4 is 5.91 Å². The maximum absolute atomic E-state index is 12.3. The largest absolute Gasteiger partial charge is 0.455 e. The van der Waals surface area contributed by atoms with E-state index in [1.54, 1.807) is 6.07 Å². The molecule has 0 bridgehead atoms. The lowest BCUT2D eigenvalue weighted by Crippen LogP contribution is -2.29. The Morgan fingerprint density at radius 3 is 2.71 bits per heavy atom. The topological polar surface area (TPSA) is 63.3 Å². The summed E-state index contributed by atoms with van der Waals surface area (Å²) in [5.74, 6) is 1.07. The van der Waals surface area contributed by atoms with Gasteiger partial charge in [-0.15, -0.1) is 0 Å². The van der Waals surface area contributed by atoms with E-state index in [9.17, 15) is 4.79 Å². The van der Waals surface area contributed by atoms with Crippen molar-refractivity contribution < 1.29 is 9.21 Å². The van der Waals surface area contributed by atoms with Crippen LogP contribution in [0.5, 0.6) is 0 Å². The quantitative estimate of drug-likeness (QED) is 0.684. The van der Waals surface area contributed by atoms with Gasteiger partial charge in [0, 0.05) is 12.7 Å². The fourth-order valence-electron chi connectivity index (χ4n) is 3.54. The fourth-order valence-corrected chi connectivity index (χ4v) is 3.54. The van der Waals surface area contributed by atoms with Crippen LogP contribution in [0.15, 0.2) is 59.3 Å². The number of nitrogens with zero attached hydrogens (tertiary/aromatic N) is 3. The van der Waals surface area contributed by atoms with E-state index in [0.29, 0.717) is 12.3 Å². The van der Waals surface area contributed by atoms with E-state index >= 15 is 0 Å². The number of nitrogens with one attached hydrogen (secondary N) is 1. The summed E-state index contributed by atoms with van der Waals surface area (Å²) in [5, 5.41) is 7.31. The molecular weight excluding hydrogens is 352 g/mol. The van der Waals surface area contributed by atoms with E-state index in [4.69, 9.17) is 4.42 Å². The second-order valence-corrected chi connectivity index (χ2v) is 7.24. The summed E-state index contributed by atoms with van der Waals surface area (Å²) in [7, 11) is 0. The number of para-hydroxylation sites is 1. The molecule has 3 heterocycles. The average molecular weight is 378 g/mol. The van der Waals surface area contributed by atoms with Crippen LogP contribution in [0.4, 0.5) is 0 Å². The SMILES string of the molecule is O=C(NCCc1cnn(-c2ccccc2)c1)c1ccc(CN2CCCCC2)o1. The number of hydrogen-bond acceptors (Lipinski definition) is 4. The molecule has 6 heteroatoms. The Morgan fingerprint density at radius 2 is 1.89 bits per heavy atom. The molecule has 0 aliphatic carbocycles. The highest BCUT2D eigenvalue weighted by Crippen LogP contribution is 2.15. The smallest absolute Gasteiger partial charge is 0.287 e. The summed E-state index contributed by atoms with van der Waals surface area (Å²) in [6.45, 7) is 3.55. The molecule has 0 radical (unpaired) electrons. The molecule has 28 heavy (non-hydrogen) atoms. The van der Waals surface area contributed by atoms with E-state index in [0.717, 1.165) is 43.1 Å². The Morgan fingerprint density at radius 1 is 1.07 bits per heavy atom. The Balaban J connectivity index is 1.25. The highest BCUT2D eigenvalue weighted by molar-refractivity contribution is 5.91. The molecule has 1 aromatic carbocycles. The zero-order chi connectivity index (χ0) is 19.2. The number of hydrogen-bond donors (Lipinski definition) is 1. The Bertz CT molecular complexity index is 894. The standard InChI is InChI=1S/C22H26N4O2/c27-22(21-10-9-20(28-21)17-25-13-5-2-6-14-25)23-12-11-18-15-24-26(16-18)19-7-3-1-4-8-19/h1,3-4,7-10,15-16H,2,5-6,11-14,17H2,(H,23,27). The third-order valence-corrected chi connectivity index (χ3v) is 5.07. The van der Waals surface area contributed by atoms with E-state index in [1.165, 1.54) is 19.3 Å². The summed E-state index contributed by atoms with van der Waals surface area (Å²) < 4.78 is 7.59. The molecule has 2 aromatic heterocycles. The Hall–Kier alpha value is -2.86. The number of piperidine rings is 1. The van der Waals surface area contributed by atoms with Crippen LogP contribution in [-0.2, 0) is 13.0 Å². The summed E-state index contributed by atoms with van der Waals surface area (Å²) in [6.07, 6.45) is 8.35. The number of carbonyl (C=O) groups excluding carboxylic acids is 1. The molecule has 1 fully saturated rings. The van der Waals surface area contributed by atoms with E-state index < -0.39 is 0 Å². The van der Waals surface area contributed by atoms with Crippen LogP contribution in [0.3, 0.4) is 0 Å². The van der Waals surface area contributed by atoms with Gasteiger partial charge in [0.15, 0.2) is 5.76 Å². The third-order valence-electron chi connectivity index (χ3n) is 5.07. The van der Waals surface area contributed by atoms with Gasteiger partial charge in [-0.05, 0) is 62.2 Å². The first-order valence-electron chi connectivity index (χ1n) is 9.96. The molecule has 0 atom stereocenters. The van der Waals surface area contributed by atoms with Crippen molar-refractivity contribution in [3.8, 4) is 5.69 Å². The minimum atomic E-state index is -0.166. The van der Waals surface area contributed by atoms with Crippen LogP contribution < -0.4 is 5.32 Å². The molecule has 3 aromatic rings. The van der Waals surface area contributed by atoms with Crippen LogP contribution in [0.25, 0.3) is 5.69 Å². The van der Waals surface area contributed by atoms with Crippen LogP contribution >= 0.6 is 0 Å². The molecule has 4 rings (SSSR count). The van der Waals surface area contributed by atoms with Crippen molar-refractivity contribution in [3.63, 3.8) is 0 Å². The van der Waals surface area contributed by atoms with Gasteiger partial charge in [-0.25, -0.2) is 4.68 Å². The summed E-state index contributed by atoms with van der Waals surface area (Å²) >= 11 is 0. The monoisotopic (exact) mass is 378 g/mol. The zero-order valence-electron chi connectivity index (χ0n) is 16.0. The molecule has 1 aliphatic heterocycles. The van der Waals surface area contributed by atoms with Crippen molar-refractivity contribution in [1.82, 2.24) is 20.0 Å². The number of aromatic nitrogens is 2. The maximum Gasteiger partial charge on any atom is 0.287 e. The van der Waals surface area contributed by atoms with Crippen molar-refractivity contribution in [3.05, 3.63) is 71.9 Å². The third kappa shape index (κ3) is 4.70. The highest BCUT2D eigenvalue weighted by atomic mass is 16.4. The van der Waals surface area contributed by atoms with Crippen molar-refractivity contribution in [2.45, 2.75) is 32.2 Å². The number of likely N-dealkylation sites (tertiary alicyclic amines) is 1. The molecule has 146 valence electrons. The highest BCUT2D eigenvalue weighted by Gasteiger charge is 2.15. The van der Waals surface area contributed by atoms with Crippen LogP contribution in [-0.4, -0.2) is 40.2 Å². The molecule has 6 nitrogen and oxygen atoms in total. The Labute approximate surface area is 165 Å². The first-order valence-corrected chi connectivity index (χ1v) is 9.96. The maximum atomic E-state index is 12.3. The van der Waals surface area contributed by atoms with Gasteiger partial charge in [-0.1, -0.05) is 24.6 Å². The predicted octanol–water partition coefficient (Wildman–Crippen LogP) is 3.42. The average Bonchev–Trinajstić information content (AvgIpc) is 3.39. The lowest BCUT2D eigenvalue weighted by molar-refractivity contribution is 0.0922. The lowest BCUT2D eigenvalue weighted by atomic mass is 10.1. The first-order chi connectivity index (χ1) is 13.8. The second-order valence-electron chi connectivity index (χ2n) is 7.24. The summed E-state index contributed by atoms with van der Waals surface area (Å²) in [6, 6.07) is 13.7. The lowest BCUT2D eigenvalue weighted by Gasteiger charge is -2.25. The van der Waals surface area contributed by atoms with Gasteiger partial charge in [-0.3, -0.25) is 9.69 Å².